The summed E-state index contributed by atoms with van der Waals surface area (Å²) in [5.74, 6) is 1.87. The zero-order chi connectivity index (χ0) is 14.4. The molecular formula is C16H27N3O. The second-order valence-corrected chi connectivity index (χ2v) is 5.44. The zero-order valence-electron chi connectivity index (χ0n) is 13.0. The predicted molar refractivity (Wildman–Crippen MR) is 82.1 cm³/mol. The van der Waals surface area contributed by atoms with Crippen LogP contribution in [0.3, 0.4) is 0 Å². The Labute approximate surface area is 122 Å². The maximum atomic E-state index is 5.66. The molecular weight excluding hydrogens is 250 g/mol. The van der Waals surface area contributed by atoms with Crippen LogP contribution >= 0.6 is 0 Å². The summed E-state index contributed by atoms with van der Waals surface area (Å²) in [5, 5.41) is 3.48. The van der Waals surface area contributed by atoms with Crippen molar-refractivity contribution in [1.29, 1.82) is 0 Å². The lowest BCUT2D eigenvalue weighted by atomic mass is 10.1. The predicted octanol–water partition coefficient (Wildman–Crippen LogP) is 3.66. The maximum Gasteiger partial charge on any atom is 0.159 e. The highest BCUT2D eigenvalue weighted by Crippen LogP contribution is 2.27. The SMILES string of the molecule is CCCNc1nc(C(C)OCC)nc2c1CCCCC2. The lowest BCUT2D eigenvalue weighted by molar-refractivity contribution is 0.0699. The lowest BCUT2D eigenvalue weighted by Crippen LogP contribution is -2.14. The van der Waals surface area contributed by atoms with E-state index in [0.29, 0.717) is 6.61 Å². The van der Waals surface area contributed by atoms with E-state index in [9.17, 15) is 0 Å². The Morgan fingerprint density at radius 1 is 1.15 bits per heavy atom. The van der Waals surface area contributed by atoms with Gasteiger partial charge in [0, 0.05) is 24.4 Å². The molecule has 0 fully saturated rings. The average molecular weight is 277 g/mol. The molecule has 0 bridgehead atoms. The molecule has 0 aliphatic heterocycles. The number of nitrogens with zero attached hydrogens (tertiary/aromatic N) is 2. The van der Waals surface area contributed by atoms with Gasteiger partial charge in [-0.1, -0.05) is 13.3 Å². The monoisotopic (exact) mass is 277 g/mol. The molecule has 1 heterocycles. The molecule has 1 aliphatic carbocycles. The zero-order valence-corrected chi connectivity index (χ0v) is 13.0. The molecule has 20 heavy (non-hydrogen) atoms. The van der Waals surface area contributed by atoms with Crippen molar-refractivity contribution in [1.82, 2.24) is 9.97 Å². The molecule has 1 atom stereocenters. The van der Waals surface area contributed by atoms with E-state index in [1.54, 1.807) is 0 Å². The van der Waals surface area contributed by atoms with E-state index < -0.39 is 0 Å². The van der Waals surface area contributed by atoms with E-state index in [2.05, 4.69) is 12.2 Å². The van der Waals surface area contributed by atoms with Crippen molar-refractivity contribution in [3.05, 3.63) is 17.1 Å². The number of anilines is 1. The van der Waals surface area contributed by atoms with Gasteiger partial charge < -0.3 is 10.1 Å². The number of nitrogens with one attached hydrogen (secondary N) is 1. The van der Waals surface area contributed by atoms with Crippen LogP contribution in [0.1, 0.15) is 69.6 Å². The Balaban J connectivity index is 2.33. The highest BCUT2D eigenvalue weighted by molar-refractivity contribution is 5.47. The molecule has 0 saturated carbocycles. The third kappa shape index (κ3) is 3.69. The summed E-state index contributed by atoms with van der Waals surface area (Å²) in [7, 11) is 0. The third-order valence-electron chi connectivity index (χ3n) is 3.77. The Morgan fingerprint density at radius 2 is 1.95 bits per heavy atom. The molecule has 4 heteroatoms. The van der Waals surface area contributed by atoms with Crippen molar-refractivity contribution in [2.75, 3.05) is 18.5 Å². The number of ether oxygens (including phenoxy) is 1. The molecule has 1 unspecified atom stereocenters. The van der Waals surface area contributed by atoms with E-state index in [4.69, 9.17) is 14.7 Å². The molecule has 1 N–H and O–H groups in total. The van der Waals surface area contributed by atoms with Crippen molar-refractivity contribution >= 4 is 5.82 Å². The summed E-state index contributed by atoms with van der Waals surface area (Å²) in [6.45, 7) is 7.88. The Bertz CT molecular complexity index is 434. The second kappa shape index (κ2) is 7.58. The Morgan fingerprint density at radius 3 is 2.70 bits per heavy atom. The standard InChI is InChI=1S/C16H27N3O/c1-4-11-17-16-13-9-7-6-8-10-14(13)18-15(19-16)12(3)20-5-2/h12H,4-11H2,1-3H3,(H,17,18,19). The Kier molecular flexibility index (Phi) is 5.77. The molecule has 4 nitrogen and oxygen atoms in total. The molecule has 1 aromatic rings. The van der Waals surface area contributed by atoms with Gasteiger partial charge in [-0.2, -0.15) is 0 Å². The highest BCUT2D eigenvalue weighted by Gasteiger charge is 2.19. The molecule has 112 valence electrons. The maximum absolute atomic E-state index is 5.66. The first-order chi connectivity index (χ1) is 9.76. The van der Waals surface area contributed by atoms with Crippen LogP contribution in [0.5, 0.6) is 0 Å². The van der Waals surface area contributed by atoms with Gasteiger partial charge in [0.1, 0.15) is 11.9 Å². The number of hydrogen-bond donors (Lipinski definition) is 1. The first-order valence-electron chi connectivity index (χ1n) is 8.01. The van der Waals surface area contributed by atoms with Gasteiger partial charge in [-0.3, -0.25) is 0 Å². The second-order valence-electron chi connectivity index (χ2n) is 5.44. The van der Waals surface area contributed by atoms with E-state index >= 15 is 0 Å². The fourth-order valence-electron chi connectivity index (χ4n) is 2.69. The molecule has 0 radical (unpaired) electrons. The van der Waals surface area contributed by atoms with E-state index in [1.165, 1.54) is 30.5 Å². The first kappa shape index (κ1) is 15.2. The number of aromatic nitrogens is 2. The Hall–Kier alpha value is -1.16. The number of aryl methyl sites for hydroxylation is 1. The normalized spacial score (nSPS) is 16.4. The van der Waals surface area contributed by atoms with Gasteiger partial charge in [0.2, 0.25) is 0 Å². The van der Waals surface area contributed by atoms with Crippen molar-refractivity contribution in [3.8, 4) is 0 Å². The summed E-state index contributed by atoms with van der Waals surface area (Å²) in [6, 6.07) is 0. The topological polar surface area (TPSA) is 47.0 Å². The van der Waals surface area contributed by atoms with Crippen LogP contribution in [0, 0.1) is 0 Å². The molecule has 1 aliphatic rings. The summed E-state index contributed by atoms with van der Waals surface area (Å²) in [6.07, 6.45) is 7.03. The van der Waals surface area contributed by atoms with E-state index in [-0.39, 0.29) is 6.10 Å². The molecule has 0 saturated heterocycles. The minimum absolute atomic E-state index is 0.0317. The van der Waals surface area contributed by atoms with Crippen LogP contribution in [0.25, 0.3) is 0 Å². The fraction of sp³-hybridized carbons (Fsp3) is 0.750. The largest absolute Gasteiger partial charge is 0.371 e. The number of hydrogen-bond acceptors (Lipinski definition) is 4. The van der Waals surface area contributed by atoms with Crippen molar-refractivity contribution in [2.45, 2.75) is 65.4 Å². The molecule has 0 aromatic carbocycles. The highest BCUT2D eigenvalue weighted by atomic mass is 16.5. The first-order valence-corrected chi connectivity index (χ1v) is 8.01. The van der Waals surface area contributed by atoms with Crippen molar-refractivity contribution < 1.29 is 4.74 Å². The van der Waals surface area contributed by atoms with Gasteiger partial charge in [0.05, 0.1) is 0 Å². The van der Waals surface area contributed by atoms with Crippen molar-refractivity contribution in [2.24, 2.45) is 0 Å². The quantitative estimate of drug-likeness (QED) is 0.806. The van der Waals surface area contributed by atoms with Crippen LogP contribution in [0.15, 0.2) is 0 Å². The minimum Gasteiger partial charge on any atom is -0.371 e. The molecule has 1 aromatic heterocycles. The number of rotatable bonds is 6. The fourth-order valence-corrected chi connectivity index (χ4v) is 2.69. The van der Waals surface area contributed by atoms with Crippen LogP contribution in [0.4, 0.5) is 5.82 Å². The minimum atomic E-state index is -0.0317. The average Bonchev–Trinajstić information content (AvgIpc) is 2.70. The van der Waals surface area contributed by atoms with Gasteiger partial charge >= 0.3 is 0 Å². The van der Waals surface area contributed by atoms with E-state index in [0.717, 1.165) is 37.4 Å². The van der Waals surface area contributed by atoms with Crippen molar-refractivity contribution in [3.63, 3.8) is 0 Å². The summed E-state index contributed by atoms with van der Waals surface area (Å²) in [4.78, 5) is 9.52. The molecule has 0 spiro atoms. The smallest absolute Gasteiger partial charge is 0.159 e. The lowest BCUT2D eigenvalue weighted by Gasteiger charge is -2.17. The van der Waals surface area contributed by atoms with Crippen LogP contribution in [-0.2, 0) is 17.6 Å². The summed E-state index contributed by atoms with van der Waals surface area (Å²) < 4.78 is 5.66. The van der Waals surface area contributed by atoms with Gasteiger partial charge in [0.15, 0.2) is 5.82 Å². The van der Waals surface area contributed by atoms with Crippen LogP contribution in [0.2, 0.25) is 0 Å². The van der Waals surface area contributed by atoms with Gasteiger partial charge in [0.25, 0.3) is 0 Å². The van der Waals surface area contributed by atoms with Crippen LogP contribution in [-0.4, -0.2) is 23.1 Å². The van der Waals surface area contributed by atoms with Gasteiger partial charge in [-0.15, -0.1) is 0 Å². The molecule has 0 amide bonds. The van der Waals surface area contributed by atoms with Gasteiger partial charge in [-0.05, 0) is 46.0 Å². The van der Waals surface area contributed by atoms with E-state index in [1.807, 2.05) is 13.8 Å². The summed E-state index contributed by atoms with van der Waals surface area (Å²) >= 11 is 0. The summed E-state index contributed by atoms with van der Waals surface area (Å²) in [5.41, 5.74) is 2.57. The van der Waals surface area contributed by atoms with Crippen LogP contribution < -0.4 is 5.32 Å². The number of fused-ring (bicyclic) bond motifs is 1. The molecule has 2 rings (SSSR count). The third-order valence-corrected chi connectivity index (χ3v) is 3.77. The van der Waals surface area contributed by atoms with Gasteiger partial charge in [-0.25, -0.2) is 9.97 Å².